The Kier molecular flexibility index (Phi) is 6.92. The maximum atomic E-state index is 13.0. The van der Waals surface area contributed by atoms with E-state index in [9.17, 15) is 14.7 Å². The number of aliphatic hydroxyl groups is 1. The van der Waals surface area contributed by atoms with E-state index in [2.05, 4.69) is 6.58 Å². The van der Waals surface area contributed by atoms with Crippen molar-refractivity contribution >= 4 is 17.4 Å². The molecule has 0 saturated carbocycles. The van der Waals surface area contributed by atoms with Crippen molar-refractivity contribution < 1.29 is 24.2 Å². The third kappa shape index (κ3) is 4.54. The molecule has 1 amide bonds. The van der Waals surface area contributed by atoms with Crippen molar-refractivity contribution in [2.75, 3.05) is 26.9 Å². The Hall–Kier alpha value is -3.38. The Labute approximate surface area is 182 Å². The number of aryl methyl sites for hydroxylation is 2. The third-order valence-corrected chi connectivity index (χ3v) is 5.29. The van der Waals surface area contributed by atoms with Crippen LogP contribution in [0, 0.1) is 13.8 Å². The topological polar surface area (TPSA) is 76.1 Å². The predicted octanol–water partition coefficient (Wildman–Crippen LogP) is 3.94. The molecule has 3 rings (SSSR count). The van der Waals surface area contributed by atoms with Crippen LogP contribution in [0.3, 0.4) is 0 Å². The fraction of sp³-hybridized carbons (Fsp3) is 0.280. The van der Waals surface area contributed by atoms with Crippen molar-refractivity contribution in [3.8, 4) is 5.75 Å². The number of carbonyl (C=O) groups excluding carboxylic acids is 2. The molecule has 0 bridgehead atoms. The van der Waals surface area contributed by atoms with Crippen LogP contribution in [0.4, 0.5) is 0 Å². The highest BCUT2D eigenvalue weighted by Crippen LogP contribution is 2.40. The molecular weight excluding hydrogens is 394 g/mol. The molecule has 1 fully saturated rings. The highest BCUT2D eigenvalue weighted by molar-refractivity contribution is 6.46. The van der Waals surface area contributed by atoms with E-state index < -0.39 is 17.7 Å². The number of likely N-dealkylation sites (tertiary alicyclic amines) is 1. The van der Waals surface area contributed by atoms with Crippen molar-refractivity contribution in [1.82, 2.24) is 4.90 Å². The monoisotopic (exact) mass is 421 g/mol. The highest BCUT2D eigenvalue weighted by Gasteiger charge is 2.46. The summed E-state index contributed by atoms with van der Waals surface area (Å²) < 4.78 is 10.7. The van der Waals surface area contributed by atoms with Crippen molar-refractivity contribution in [3.05, 3.63) is 82.9 Å². The quantitative estimate of drug-likeness (QED) is 0.302. The number of ether oxygens (including phenoxy) is 2. The van der Waals surface area contributed by atoms with E-state index in [1.54, 1.807) is 30.3 Å². The molecule has 0 aliphatic carbocycles. The standard InChI is InChI=1S/C25H27NO5/c1-5-13-31-19-10-8-18(9-11-19)22-21(24(28)25(29)26(22)12-14-30-4)23(27)20-15-16(2)6-7-17(20)3/h5-11,15,22,27H,1,12-14H2,2-4H3. The summed E-state index contributed by atoms with van der Waals surface area (Å²) in [6.07, 6.45) is 1.65. The van der Waals surface area contributed by atoms with Crippen molar-refractivity contribution in [3.63, 3.8) is 0 Å². The van der Waals surface area contributed by atoms with Crippen LogP contribution in [0.2, 0.25) is 0 Å². The molecule has 1 aliphatic heterocycles. The van der Waals surface area contributed by atoms with Gasteiger partial charge in [0.2, 0.25) is 0 Å². The molecule has 1 aliphatic rings. The normalized spacial score (nSPS) is 17.8. The van der Waals surface area contributed by atoms with Gasteiger partial charge in [-0.25, -0.2) is 0 Å². The van der Waals surface area contributed by atoms with Gasteiger partial charge in [-0.3, -0.25) is 9.59 Å². The first-order valence-electron chi connectivity index (χ1n) is 10.1. The van der Waals surface area contributed by atoms with Crippen LogP contribution in [0.1, 0.15) is 28.3 Å². The molecule has 6 heteroatoms. The zero-order valence-electron chi connectivity index (χ0n) is 18.1. The fourth-order valence-electron chi connectivity index (χ4n) is 3.68. The number of methoxy groups -OCH3 is 1. The molecule has 1 unspecified atom stereocenters. The minimum Gasteiger partial charge on any atom is -0.507 e. The van der Waals surface area contributed by atoms with E-state index in [4.69, 9.17) is 9.47 Å². The second kappa shape index (κ2) is 9.62. The first kappa shape index (κ1) is 22.3. The Balaban J connectivity index is 2.13. The van der Waals surface area contributed by atoms with Crippen molar-refractivity contribution in [2.45, 2.75) is 19.9 Å². The lowest BCUT2D eigenvalue weighted by Gasteiger charge is -2.25. The summed E-state index contributed by atoms with van der Waals surface area (Å²) >= 11 is 0. The molecule has 0 radical (unpaired) electrons. The second-order valence-electron chi connectivity index (χ2n) is 7.47. The first-order chi connectivity index (χ1) is 14.9. The van der Waals surface area contributed by atoms with Gasteiger partial charge < -0.3 is 19.5 Å². The number of amides is 1. The number of hydrogen-bond donors (Lipinski definition) is 1. The van der Waals surface area contributed by atoms with Gasteiger partial charge in [-0.1, -0.05) is 42.5 Å². The molecule has 2 aromatic carbocycles. The number of nitrogens with zero attached hydrogens (tertiary/aromatic N) is 1. The zero-order chi connectivity index (χ0) is 22.5. The molecule has 31 heavy (non-hydrogen) atoms. The number of hydrogen-bond acceptors (Lipinski definition) is 5. The maximum absolute atomic E-state index is 13.0. The van der Waals surface area contributed by atoms with Crippen LogP contribution >= 0.6 is 0 Å². The van der Waals surface area contributed by atoms with Gasteiger partial charge in [-0.2, -0.15) is 0 Å². The van der Waals surface area contributed by atoms with Gasteiger partial charge in [0.25, 0.3) is 11.7 Å². The van der Waals surface area contributed by atoms with E-state index >= 15 is 0 Å². The molecular formula is C25H27NO5. The lowest BCUT2D eigenvalue weighted by Crippen LogP contribution is -2.32. The molecule has 1 heterocycles. The van der Waals surface area contributed by atoms with Gasteiger partial charge in [0.15, 0.2) is 0 Å². The molecule has 1 N–H and O–H groups in total. The number of aliphatic hydroxyl groups excluding tert-OH is 1. The molecule has 1 atom stereocenters. The lowest BCUT2D eigenvalue weighted by atomic mass is 9.93. The summed E-state index contributed by atoms with van der Waals surface area (Å²) in [4.78, 5) is 27.3. The molecule has 0 aromatic heterocycles. The van der Waals surface area contributed by atoms with E-state index in [0.29, 0.717) is 23.5 Å². The minimum atomic E-state index is -0.719. The SMILES string of the molecule is C=CCOc1ccc(C2C(=C(O)c3cc(C)ccc3C)C(=O)C(=O)N2CCOC)cc1. The highest BCUT2D eigenvalue weighted by atomic mass is 16.5. The fourth-order valence-corrected chi connectivity index (χ4v) is 3.68. The number of rotatable bonds is 8. The summed E-state index contributed by atoms with van der Waals surface area (Å²) in [5.41, 5.74) is 3.09. The van der Waals surface area contributed by atoms with Crippen LogP contribution in [0.5, 0.6) is 5.75 Å². The van der Waals surface area contributed by atoms with Gasteiger partial charge in [0, 0.05) is 19.2 Å². The Morgan fingerprint density at radius 2 is 1.87 bits per heavy atom. The summed E-state index contributed by atoms with van der Waals surface area (Å²) in [5, 5.41) is 11.2. The van der Waals surface area contributed by atoms with E-state index in [1.165, 1.54) is 12.0 Å². The van der Waals surface area contributed by atoms with E-state index in [0.717, 1.165) is 11.1 Å². The van der Waals surface area contributed by atoms with Gasteiger partial charge >= 0.3 is 0 Å². The number of carbonyl (C=O) groups is 2. The third-order valence-electron chi connectivity index (χ3n) is 5.29. The minimum absolute atomic E-state index is 0.0783. The number of ketones is 1. The van der Waals surface area contributed by atoms with Crippen LogP contribution in [0.15, 0.2) is 60.7 Å². The number of benzene rings is 2. The Morgan fingerprint density at radius 1 is 1.16 bits per heavy atom. The second-order valence-corrected chi connectivity index (χ2v) is 7.47. The molecule has 6 nitrogen and oxygen atoms in total. The van der Waals surface area contributed by atoms with Gasteiger partial charge in [-0.05, 0) is 43.2 Å². The average Bonchev–Trinajstić information content (AvgIpc) is 3.02. The van der Waals surface area contributed by atoms with Crippen LogP contribution in [-0.4, -0.2) is 48.6 Å². The van der Waals surface area contributed by atoms with Crippen LogP contribution in [0.25, 0.3) is 5.76 Å². The predicted molar refractivity (Wildman–Crippen MR) is 119 cm³/mol. The molecule has 0 spiro atoms. The van der Waals surface area contributed by atoms with Gasteiger partial charge in [-0.15, -0.1) is 0 Å². The summed E-state index contributed by atoms with van der Waals surface area (Å²) in [7, 11) is 1.54. The smallest absolute Gasteiger partial charge is 0.295 e. The zero-order valence-corrected chi connectivity index (χ0v) is 18.1. The summed E-state index contributed by atoms with van der Waals surface area (Å²) in [5.74, 6) is -0.879. The van der Waals surface area contributed by atoms with Crippen LogP contribution in [-0.2, 0) is 14.3 Å². The number of Topliss-reactive ketones (excluding diaryl/α,β-unsaturated/α-hetero) is 1. The largest absolute Gasteiger partial charge is 0.507 e. The molecule has 162 valence electrons. The maximum Gasteiger partial charge on any atom is 0.295 e. The first-order valence-corrected chi connectivity index (χ1v) is 10.1. The van der Waals surface area contributed by atoms with Crippen LogP contribution < -0.4 is 4.74 Å². The Bertz CT molecular complexity index is 1020. The average molecular weight is 421 g/mol. The van der Waals surface area contributed by atoms with Gasteiger partial charge in [0.1, 0.15) is 18.1 Å². The Morgan fingerprint density at radius 3 is 2.52 bits per heavy atom. The van der Waals surface area contributed by atoms with E-state index in [1.807, 2.05) is 32.0 Å². The molecule has 2 aromatic rings. The van der Waals surface area contributed by atoms with Gasteiger partial charge in [0.05, 0.1) is 18.2 Å². The summed E-state index contributed by atoms with van der Waals surface area (Å²) in [6, 6.07) is 12.0. The lowest BCUT2D eigenvalue weighted by molar-refractivity contribution is -0.140. The van der Waals surface area contributed by atoms with Crippen molar-refractivity contribution in [2.24, 2.45) is 0 Å². The summed E-state index contributed by atoms with van der Waals surface area (Å²) in [6.45, 7) is 8.27. The van der Waals surface area contributed by atoms with Crippen molar-refractivity contribution in [1.29, 1.82) is 0 Å². The van der Waals surface area contributed by atoms with E-state index in [-0.39, 0.29) is 24.5 Å². The molecule has 1 saturated heterocycles.